The van der Waals surface area contributed by atoms with Crippen LogP contribution in [0.3, 0.4) is 0 Å². The number of nitrogens with one attached hydrogen (secondary N) is 1. The van der Waals surface area contributed by atoms with Crippen molar-refractivity contribution in [2.24, 2.45) is 0 Å². The van der Waals surface area contributed by atoms with Crippen molar-refractivity contribution in [3.8, 4) is 11.5 Å². The van der Waals surface area contributed by atoms with E-state index in [-0.39, 0.29) is 5.82 Å². The number of nitrogens with zero attached hydrogens (tertiary/aromatic N) is 2. The summed E-state index contributed by atoms with van der Waals surface area (Å²) in [6.45, 7) is 1.62. The van der Waals surface area contributed by atoms with Crippen molar-refractivity contribution < 1.29 is 13.9 Å². The second kappa shape index (κ2) is 9.39. The topological polar surface area (TPSA) is 46.6 Å². The van der Waals surface area contributed by atoms with Gasteiger partial charge in [-0.05, 0) is 62.1 Å². The van der Waals surface area contributed by atoms with Crippen LogP contribution in [0.15, 0.2) is 42.5 Å². The molecule has 3 aromatic rings. The van der Waals surface area contributed by atoms with Crippen LogP contribution in [0, 0.1) is 5.82 Å². The van der Waals surface area contributed by atoms with Crippen molar-refractivity contribution in [1.82, 2.24) is 9.88 Å². The zero-order valence-electron chi connectivity index (χ0n) is 17.2. The van der Waals surface area contributed by atoms with Crippen molar-refractivity contribution in [2.75, 3.05) is 46.7 Å². The highest BCUT2D eigenvalue weighted by molar-refractivity contribution is 5.93. The molecule has 0 amide bonds. The second-order valence-corrected chi connectivity index (χ2v) is 6.93. The van der Waals surface area contributed by atoms with Crippen LogP contribution in [-0.4, -0.2) is 51.3 Å². The first kappa shape index (κ1) is 20.6. The van der Waals surface area contributed by atoms with E-state index in [9.17, 15) is 4.39 Å². The van der Waals surface area contributed by atoms with Gasteiger partial charge in [-0.2, -0.15) is 0 Å². The van der Waals surface area contributed by atoms with E-state index in [2.05, 4.69) is 15.2 Å². The molecule has 0 bridgehead atoms. The summed E-state index contributed by atoms with van der Waals surface area (Å²) in [5.41, 5.74) is 3.36. The Hall–Kier alpha value is -3.12. The Morgan fingerprint density at radius 1 is 1.00 bits per heavy atom. The van der Waals surface area contributed by atoms with Crippen LogP contribution in [-0.2, 0) is 0 Å². The van der Waals surface area contributed by atoms with Gasteiger partial charge in [0.1, 0.15) is 5.82 Å². The fourth-order valence-electron chi connectivity index (χ4n) is 3.00. The first-order chi connectivity index (χ1) is 14.0. The number of pyridine rings is 1. The molecule has 1 N–H and O–H groups in total. The molecule has 0 atom stereocenters. The summed E-state index contributed by atoms with van der Waals surface area (Å²) >= 11 is 0. The molecule has 152 valence electrons. The number of anilines is 1. The second-order valence-electron chi connectivity index (χ2n) is 6.93. The van der Waals surface area contributed by atoms with Crippen molar-refractivity contribution >= 4 is 28.7 Å². The molecule has 2 aromatic carbocycles. The van der Waals surface area contributed by atoms with E-state index in [4.69, 9.17) is 9.47 Å². The quantitative estimate of drug-likeness (QED) is 0.607. The predicted octanol–water partition coefficient (Wildman–Crippen LogP) is 4.54. The van der Waals surface area contributed by atoms with E-state index in [1.165, 1.54) is 12.1 Å². The largest absolute Gasteiger partial charge is 0.493 e. The molecule has 1 aromatic heterocycles. The number of halogens is 1. The Morgan fingerprint density at radius 3 is 2.52 bits per heavy atom. The Morgan fingerprint density at radius 2 is 1.79 bits per heavy atom. The van der Waals surface area contributed by atoms with Gasteiger partial charge in [-0.1, -0.05) is 12.1 Å². The van der Waals surface area contributed by atoms with Gasteiger partial charge in [-0.3, -0.25) is 0 Å². The minimum atomic E-state index is -0.274. The number of hydrogen-bond donors (Lipinski definition) is 1. The molecule has 5 nitrogen and oxygen atoms in total. The molecule has 0 saturated heterocycles. The average Bonchev–Trinajstić information content (AvgIpc) is 2.72. The van der Waals surface area contributed by atoms with Crippen molar-refractivity contribution in [3.63, 3.8) is 0 Å². The summed E-state index contributed by atoms with van der Waals surface area (Å²) in [7, 11) is 7.26. The molecule has 0 saturated carbocycles. The van der Waals surface area contributed by atoms with E-state index in [1.54, 1.807) is 20.3 Å². The molecule has 0 fully saturated rings. The first-order valence-electron chi connectivity index (χ1n) is 9.39. The summed E-state index contributed by atoms with van der Waals surface area (Å²) in [5.74, 6) is 1.08. The molecule has 0 aliphatic carbocycles. The zero-order chi connectivity index (χ0) is 20.8. The average molecular weight is 395 g/mol. The SMILES string of the molecule is COc1ccc(/C=C/c2cc(NCCN(C)C)c3cc(F)ccc3n2)cc1OC. The summed E-state index contributed by atoms with van der Waals surface area (Å²) in [4.78, 5) is 6.74. The number of rotatable bonds is 8. The molecule has 0 aliphatic heterocycles. The highest BCUT2D eigenvalue weighted by Crippen LogP contribution is 2.29. The summed E-state index contributed by atoms with van der Waals surface area (Å²) in [6.07, 6.45) is 3.89. The maximum atomic E-state index is 13.8. The third kappa shape index (κ3) is 5.23. The Kier molecular flexibility index (Phi) is 6.67. The van der Waals surface area contributed by atoms with Gasteiger partial charge in [0, 0.05) is 24.2 Å². The van der Waals surface area contributed by atoms with E-state index in [0.717, 1.165) is 40.9 Å². The smallest absolute Gasteiger partial charge is 0.161 e. The molecular formula is C23H26FN3O2. The Balaban J connectivity index is 1.92. The predicted molar refractivity (Wildman–Crippen MR) is 117 cm³/mol. The van der Waals surface area contributed by atoms with Crippen LogP contribution < -0.4 is 14.8 Å². The molecule has 0 spiro atoms. The van der Waals surface area contributed by atoms with Crippen molar-refractivity contribution in [3.05, 3.63) is 59.5 Å². The lowest BCUT2D eigenvalue weighted by molar-refractivity contribution is 0.355. The normalized spacial score (nSPS) is 11.4. The fraction of sp³-hybridized carbons (Fsp3) is 0.261. The Bertz CT molecular complexity index is 1020. The number of methoxy groups -OCH3 is 2. The van der Waals surface area contributed by atoms with Crippen LogP contribution >= 0.6 is 0 Å². The lowest BCUT2D eigenvalue weighted by Gasteiger charge is -2.14. The van der Waals surface area contributed by atoms with Crippen LogP contribution in [0.25, 0.3) is 23.1 Å². The van der Waals surface area contributed by atoms with Crippen molar-refractivity contribution in [1.29, 1.82) is 0 Å². The molecule has 3 rings (SSSR count). The lowest BCUT2D eigenvalue weighted by Crippen LogP contribution is -2.20. The van der Waals surface area contributed by atoms with Crippen LogP contribution in [0.4, 0.5) is 10.1 Å². The third-order valence-corrected chi connectivity index (χ3v) is 4.52. The molecule has 0 radical (unpaired) electrons. The van der Waals surface area contributed by atoms with Crippen LogP contribution in [0.1, 0.15) is 11.3 Å². The number of likely N-dealkylation sites (N-methyl/N-ethyl adjacent to an activating group) is 1. The van der Waals surface area contributed by atoms with Gasteiger partial charge in [0.2, 0.25) is 0 Å². The van der Waals surface area contributed by atoms with E-state index in [0.29, 0.717) is 11.5 Å². The lowest BCUT2D eigenvalue weighted by atomic mass is 10.1. The van der Waals surface area contributed by atoms with Crippen molar-refractivity contribution in [2.45, 2.75) is 0 Å². The van der Waals surface area contributed by atoms with E-state index >= 15 is 0 Å². The van der Waals surface area contributed by atoms with Gasteiger partial charge in [0.05, 0.1) is 25.4 Å². The standard InChI is InChI=1S/C23H26FN3O2/c1-27(2)12-11-25-21-15-18(26-20-9-7-17(24)14-19(20)21)8-5-16-6-10-22(28-3)23(13-16)29-4/h5-10,13-15H,11-12H2,1-4H3,(H,25,26)/b8-5+. The van der Waals surface area contributed by atoms with Gasteiger partial charge in [-0.25, -0.2) is 9.37 Å². The Labute approximate surface area is 170 Å². The maximum absolute atomic E-state index is 13.8. The molecule has 6 heteroatoms. The minimum absolute atomic E-state index is 0.274. The third-order valence-electron chi connectivity index (χ3n) is 4.52. The summed E-state index contributed by atoms with van der Waals surface area (Å²) < 4.78 is 24.4. The molecule has 0 unspecified atom stereocenters. The van der Waals surface area contributed by atoms with Gasteiger partial charge < -0.3 is 19.7 Å². The van der Waals surface area contributed by atoms with Crippen LogP contribution in [0.5, 0.6) is 11.5 Å². The number of hydrogen-bond acceptors (Lipinski definition) is 5. The van der Waals surface area contributed by atoms with Gasteiger partial charge in [0.15, 0.2) is 11.5 Å². The van der Waals surface area contributed by atoms with E-state index < -0.39 is 0 Å². The van der Waals surface area contributed by atoms with Gasteiger partial charge in [0.25, 0.3) is 0 Å². The molecule has 29 heavy (non-hydrogen) atoms. The van der Waals surface area contributed by atoms with Crippen LogP contribution in [0.2, 0.25) is 0 Å². The molecule has 0 aliphatic rings. The molecular weight excluding hydrogens is 369 g/mol. The highest BCUT2D eigenvalue weighted by Gasteiger charge is 2.07. The van der Waals surface area contributed by atoms with Gasteiger partial charge in [-0.15, -0.1) is 0 Å². The summed E-state index contributed by atoms with van der Waals surface area (Å²) in [5, 5.41) is 4.17. The number of benzene rings is 2. The summed E-state index contributed by atoms with van der Waals surface area (Å²) in [6, 6.07) is 12.3. The van der Waals surface area contributed by atoms with E-state index in [1.807, 2.05) is 50.5 Å². The monoisotopic (exact) mass is 395 g/mol. The highest BCUT2D eigenvalue weighted by atomic mass is 19.1. The number of aromatic nitrogens is 1. The fourth-order valence-corrected chi connectivity index (χ4v) is 3.00. The first-order valence-corrected chi connectivity index (χ1v) is 9.39. The molecule has 1 heterocycles. The minimum Gasteiger partial charge on any atom is -0.493 e. The zero-order valence-corrected chi connectivity index (χ0v) is 17.2. The maximum Gasteiger partial charge on any atom is 0.161 e. The number of ether oxygens (including phenoxy) is 2. The number of fused-ring (bicyclic) bond motifs is 1. The van der Waals surface area contributed by atoms with Gasteiger partial charge >= 0.3 is 0 Å².